The third-order valence-electron chi connectivity index (χ3n) is 5.70. The van der Waals surface area contributed by atoms with Crippen LogP contribution in [0.5, 0.6) is 0 Å². The summed E-state index contributed by atoms with van der Waals surface area (Å²) >= 11 is 6.33. The number of ether oxygens (including phenoxy) is 1. The van der Waals surface area contributed by atoms with Crippen molar-refractivity contribution in [3.05, 3.63) is 65.8 Å². The first-order valence-corrected chi connectivity index (χ1v) is 9.82. The molecule has 1 saturated carbocycles. The Morgan fingerprint density at radius 2 is 1.89 bits per heavy atom. The van der Waals surface area contributed by atoms with Crippen LogP contribution in [-0.4, -0.2) is 33.1 Å². The molecular formula is C21H18ClN3O3. The molecule has 0 N–H and O–H groups in total. The number of nitrogens with zero attached hydrogens (tertiary/aromatic N) is 3. The monoisotopic (exact) mass is 395 g/mol. The zero-order valence-corrected chi connectivity index (χ0v) is 15.7. The Morgan fingerprint density at radius 1 is 1.07 bits per heavy atom. The Morgan fingerprint density at radius 3 is 2.64 bits per heavy atom. The zero-order valence-electron chi connectivity index (χ0n) is 15.0. The SMILES string of the molecule is O=C1C2=C(OC3CCC(Cl)CC13)C(=O)N(c1ccccn1)C2c1ccncc1. The van der Waals surface area contributed by atoms with Crippen molar-refractivity contribution in [1.82, 2.24) is 9.97 Å². The molecule has 0 aromatic carbocycles. The van der Waals surface area contributed by atoms with Crippen LogP contribution in [0.15, 0.2) is 60.3 Å². The fraction of sp³-hybridized carbons (Fsp3) is 0.333. The largest absolute Gasteiger partial charge is 0.483 e. The third kappa shape index (κ3) is 2.63. The predicted octanol–water partition coefficient (Wildman–Crippen LogP) is 3.19. The van der Waals surface area contributed by atoms with E-state index in [2.05, 4.69) is 9.97 Å². The van der Waals surface area contributed by atoms with Crippen LogP contribution in [-0.2, 0) is 14.3 Å². The van der Waals surface area contributed by atoms with Crippen molar-refractivity contribution in [3.63, 3.8) is 0 Å². The molecular weight excluding hydrogens is 378 g/mol. The minimum absolute atomic E-state index is 0.0369. The molecule has 28 heavy (non-hydrogen) atoms. The Balaban J connectivity index is 1.64. The van der Waals surface area contributed by atoms with Gasteiger partial charge < -0.3 is 4.74 Å². The number of pyridine rings is 2. The average molecular weight is 396 g/mol. The van der Waals surface area contributed by atoms with Gasteiger partial charge in [-0.3, -0.25) is 19.5 Å². The lowest BCUT2D eigenvalue weighted by atomic mass is 9.77. The van der Waals surface area contributed by atoms with Crippen LogP contribution in [0.2, 0.25) is 0 Å². The average Bonchev–Trinajstić information content (AvgIpc) is 3.03. The van der Waals surface area contributed by atoms with Crippen LogP contribution in [0, 0.1) is 5.92 Å². The summed E-state index contributed by atoms with van der Waals surface area (Å²) in [5.41, 5.74) is 1.21. The molecule has 5 rings (SSSR count). The number of amides is 1. The smallest absolute Gasteiger partial charge is 0.295 e. The predicted molar refractivity (Wildman–Crippen MR) is 103 cm³/mol. The lowest BCUT2D eigenvalue weighted by molar-refractivity contribution is -0.131. The molecule has 4 atom stereocenters. The number of Topliss-reactive ketones (excluding diaryl/α,β-unsaturated/α-hetero) is 1. The number of anilines is 1. The molecule has 1 amide bonds. The van der Waals surface area contributed by atoms with Gasteiger partial charge in [0, 0.05) is 24.0 Å². The maximum atomic E-state index is 13.5. The fourth-order valence-corrected chi connectivity index (χ4v) is 4.73. The lowest BCUT2D eigenvalue weighted by Gasteiger charge is -2.37. The van der Waals surface area contributed by atoms with E-state index < -0.39 is 6.04 Å². The summed E-state index contributed by atoms with van der Waals surface area (Å²) in [6.45, 7) is 0. The summed E-state index contributed by atoms with van der Waals surface area (Å²) in [4.78, 5) is 36.8. The number of alkyl halides is 1. The zero-order chi connectivity index (χ0) is 19.3. The Bertz CT molecular complexity index is 963. The van der Waals surface area contributed by atoms with Crippen LogP contribution in [0.1, 0.15) is 30.9 Å². The van der Waals surface area contributed by atoms with Crippen LogP contribution < -0.4 is 4.90 Å². The molecule has 0 saturated heterocycles. The van der Waals surface area contributed by atoms with Crippen LogP contribution in [0.3, 0.4) is 0 Å². The van der Waals surface area contributed by atoms with E-state index in [4.69, 9.17) is 16.3 Å². The second kappa shape index (κ2) is 6.71. The number of rotatable bonds is 2. The van der Waals surface area contributed by atoms with Gasteiger partial charge in [0.05, 0.1) is 17.5 Å². The number of aromatic nitrogens is 2. The normalized spacial score (nSPS) is 29.4. The second-order valence-corrected chi connectivity index (χ2v) is 7.94. The van der Waals surface area contributed by atoms with Gasteiger partial charge in [0.1, 0.15) is 11.9 Å². The highest BCUT2D eigenvalue weighted by molar-refractivity contribution is 6.21. The molecule has 6 nitrogen and oxygen atoms in total. The van der Waals surface area contributed by atoms with E-state index in [0.29, 0.717) is 24.2 Å². The van der Waals surface area contributed by atoms with Crippen molar-refractivity contribution in [2.24, 2.45) is 5.92 Å². The van der Waals surface area contributed by atoms with E-state index in [1.54, 1.807) is 35.6 Å². The summed E-state index contributed by atoms with van der Waals surface area (Å²) in [6, 6.07) is 8.41. The minimum atomic E-state index is -0.579. The Hall–Kier alpha value is -2.73. The molecule has 4 heterocycles. The van der Waals surface area contributed by atoms with Crippen molar-refractivity contribution < 1.29 is 14.3 Å². The fourth-order valence-electron chi connectivity index (χ4n) is 4.41. The quantitative estimate of drug-likeness (QED) is 0.730. The number of ketones is 1. The van der Waals surface area contributed by atoms with E-state index in [1.807, 2.05) is 18.2 Å². The second-order valence-electron chi connectivity index (χ2n) is 7.33. The van der Waals surface area contributed by atoms with E-state index in [-0.39, 0.29) is 34.8 Å². The molecule has 2 aromatic rings. The van der Waals surface area contributed by atoms with E-state index in [0.717, 1.165) is 12.0 Å². The number of carbonyl (C=O) groups excluding carboxylic acids is 2. The highest BCUT2D eigenvalue weighted by atomic mass is 35.5. The molecule has 142 valence electrons. The molecule has 0 bridgehead atoms. The summed E-state index contributed by atoms with van der Waals surface area (Å²) in [5, 5.41) is -0.0423. The highest BCUT2D eigenvalue weighted by Gasteiger charge is 2.53. The van der Waals surface area contributed by atoms with Crippen molar-refractivity contribution in [2.45, 2.75) is 36.8 Å². The van der Waals surface area contributed by atoms with E-state index in [1.165, 1.54) is 0 Å². The van der Waals surface area contributed by atoms with Gasteiger partial charge in [0.25, 0.3) is 5.91 Å². The van der Waals surface area contributed by atoms with Gasteiger partial charge in [-0.25, -0.2) is 4.98 Å². The standard InChI is InChI=1S/C21H18ClN3O3/c22-13-4-5-15-14(11-13)19(26)17-18(12-6-9-23-10-7-12)25(21(27)20(17)28-15)16-3-1-2-8-24-16/h1-3,6-10,13-15,18H,4-5,11H2. The molecule has 2 aliphatic heterocycles. The van der Waals surface area contributed by atoms with Gasteiger partial charge in [-0.05, 0) is 49.1 Å². The first-order valence-electron chi connectivity index (χ1n) is 9.38. The highest BCUT2D eigenvalue weighted by Crippen LogP contribution is 2.48. The third-order valence-corrected chi connectivity index (χ3v) is 6.10. The van der Waals surface area contributed by atoms with Crippen molar-refractivity contribution in [1.29, 1.82) is 0 Å². The lowest BCUT2D eigenvalue weighted by Crippen LogP contribution is -2.41. The summed E-state index contributed by atoms with van der Waals surface area (Å²) in [7, 11) is 0. The maximum absolute atomic E-state index is 13.5. The number of carbonyl (C=O) groups is 2. The molecule has 2 aromatic heterocycles. The minimum Gasteiger partial charge on any atom is -0.483 e. The first-order chi connectivity index (χ1) is 13.6. The van der Waals surface area contributed by atoms with Crippen molar-refractivity contribution in [2.75, 3.05) is 4.90 Å². The van der Waals surface area contributed by atoms with Crippen LogP contribution in [0.25, 0.3) is 0 Å². The van der Waals surface area contributed by atoms with E-state index >= 15 is 0 Å². The molecule has 4 unspecified atom stereocenters. The number of fused-ring (bicyclic) bond motifs is 1. The van der Waals surface area contributed by atoms with E-state index in [9.17, 15) is 9.59 Å². The molecule has 0 radical (unpaired) electrons. The van der Waals surface area contributed by atoms with Gasteiger partial charge in [0.15, 0.2) is 11.5 Å². The number of hydrogen-bond donors (Lipinski definition) is 0. The summed E-state index contributed by atoms with van der Waals surface area (Å²) in [6.07, 6.45) is 6.69. The van der Waals surface area contributed by atoms with Gasteiger partial charge >= 0.3 is 0 Å². The molecule has 3 aliphatic rings. The summed E-state index contributed by atoms with van der Waals surface area (Å²) < 4.78 is 6.11. The summed E-state index contributed by atoms with van der Waals surface area (Å²) in [5.74, 6) is -0.0265. The number of halogens is 1. The van der Waals surface area contributed by atoms with Crippen molar-refractivity contribution >= 4 is 29.1 Å². The Labute approximate surface area is 167 Å². The van der Waals surface area contributed by atoms with Crippen molar-refractivity contribution in [3.8, 4) is 0 Å². The molecule has 1 aliphatic carbocycles. The molecule has 0 spiro atoms. The Kier molecular flexibility index (Phi) is 4.16. The molecule has 1 fully saturated rings. The van der Waals surface area contributed by atoms with Gasteiger partial charge in [-0.15, -0.1) is 11.6 Å². The number of hydrogen-bond acceptors (Lipinski definition) is 5. The maximum Gasteiger partial charge on any atom is 0.295 e. The first kappa shape index (κ1) is 17.4. The van der Waals surface area contributed by atoms with Gasteiger partial charge in [0.2, 0.25) is 0 Å². The van der Waals surface area contributed by atoms with Crippen LogP contribution >= 0.6 is 11.6 Å². The van der Waals surface area contributed by atoms with Gasteiger partial charge in [-0.1, -0.05) is 6.07 Å². The van der Waals surface area contributed by atoms with Crippen LogP contribution in [0.4, 0.5) is 5.82 Å². The molecule has 7 heteroatoms. The van der Waals surface area contributed by atoms with Gasteiger partial charge in [-0.2, -0.15) is 0 Å². The topological polar surface area (TPSA) is 72.4 Å².